The molecular formula is C29H22ClF3N6O2S2. The molecule has 43 heavy (non-hydrogen) atoms. The van der Waals surface area contributed by atoms with Gasteiger partial charge in [0.15, 0.2) is 11.0 Å². The van der Waals surface area contributed by atoms with E-state index in [2.05, 4.69) is 43.2 Å². The van der Waals surface area contributed by atoms with Crippen molar-refractivity contribution in [3.63, 3.8) is 0 Å². The highest BCUT2D eigenvalue weighted by Gasteiger charge is 2.33. The van der Waals surface area contributed by atoms with Crippen molar-refractivity contribution < 1.29 is 22.7 Å². The van der Waals surface area contributed by atoms with E-state index in [1.807, 2.05) is 42.5 Å². The lowest BCUT2D eigenvalue weighted by Crippen LogP contribution is -2.29. The van der Waals surface area contributed by atoms with Crippen LogP contribution in [0.15, 0.2) is 89.8 Å². The standard InChI is InChI=1S/C29H22ClF3N6O2S2/c1-17-12-22-15-43-28(39(22)25-13-20(30)6-11-24(17)25)35-27(42)37-40-14-18-2-4-19(5-3-18)26-34-16-38(36-26)21-7-9-23(10-8-21)41-29(31,32)33/h2-13,16-17H,14-15H2,1H3,(H,37,42)/b35-28-. The van der Waals surface area contributed by atoms with Crippen molar-refractivity contribution >= 4 is 51.5 Å². The number of thiocarbonyl (C=S) groups is 1. The van der Waals surface area contributed by atoms with Crippen LogP contribution in [-0.2, 0) is 11.4 Å². The normalized spacial score (nSPS) is 17.0. The molecule has 14 heteroatoms. The van der Waals surface area contributed by atoms with Gasteiger partial charge in [-0.1, -0.05) is 66.7 Å². The Morgan fingerprint density at radius 2 is 1.91 bits per heavy atom. The molecule has 4 aromatic rings. The lowest BCUT2D eigenvalue weighted by molar-refractivity contribution is -0.274. The Bertz CT molecular complexity index is 1730. The number of halogens is 4. The zero-order chi connectivity index (χ0) is 30.1. The van der Waals surface area contributed by atoms with E-state index >= 15 is 0 Å². The molecule has 0 radical (unpaired) electrons. The molecule has 1 aromatic heterocycles. The molecule has 1 saturated heterocycles. The van der Waals surface area contributed by atoms with Crippen LogP contribution in [0.4, 0.5) is 18.9 Å². The van der Waals surface area contributed by atoms with Crippen LogP contribution in [-0.4, -0.2) is 37.2 Å². The maximum Gasteiger partial charge on any atom is 0.573 e. The Hall–Kier alpha value is -3.91. The predicted molar refractivity (Wildman–Crippen MR) is 164 cm³/mol. The molecule has 1 fully saturated rings. The third-order valence-corrected chi connectivity index (χ3v) is 8.01. The molecule has 8 nitrogen and oxygen atoms in total. The molecule has 0 bridgehead atoms. The number of hydrogen-bond donors (Lipinski definition) is 1. The first-order valence-corrected chi connectivity index (χ1v) is 14.7. The number of ether oxygens (including phenoxy) is 1. The van der Waals surface area contributed by atoms with Gasteiger partial charge in [-0.25, -0.2) is 15.1 Å². The molecule has 0 saturated carbocycles. The van der Waals surface area contributed by atoms with Gasteiger partial charge in [-0.3, -0.25) is 9.74 Å². The minimum absolute atomic E-state index is 0.204. The van der Waals surface area contributed by atoms with E-state index < -0.39 is 6.36 Å². The molecule has 1 N–H and O–H groups in total. The Balaban J connectivity index is 1.04. The summed E-state index contributed by atoms with van der Waals surface area (Å²) in [6.45, 7) is 2.40. The maximum atomic E-state index is 12.4. The van der Waals surface area contributed by atoms with Crippen LogP contribution < -0.4 is 15.1 Å². The van der Waals surface area contributed by atoms with Crippen molar-refractivity contribution in [2.24, 2.45) is 4.99 Å². The summed E-state index contributed by atoms with van der Waals surface area (Å²) in [6.07, 6.45) is -1.03. The second-order valence-corrected chi connectivity index (χ2v) is 11.4. The van der Waals surface area contributed by atoms with E-state index in [4.69, 9.17) is 28.7 Å². The smallest absolute Gasteiger partial charge is 0.406 e. The first kappa shape index (κ1) is 29.2. The Kier molecular flexibility index (Phi) is 8.14. The second-order valence-electron chi connectivity index (χ2n) is 9.62. The van der Waals surface area contributed by atoms with Crippen LogP contribution in [0.1, 0.15) is 24.0 Å². The molecule has 6 rings (SSSR count). The van der Waals surface area contributed by atoms with Crippen LogP contribution in [0, 0.1) is 0 Å². The molecule has 0 spiro atoms. The summed E-state index contributed by atoms with van der Waals surface area (Å²) in [7, 11) is 0. The fraction of sp³-hybridized carbons (Fsp3) is 0.172. The van der Waals surface area contributed by atoms with E-state index in [1.165, 1.54) is 40.8 Å². The molecule has 0 aliphatic carbocycles. The van der Waals surface area contributed by atoms with Crippen LogP contribution in [0.25, 0.3) is 17.1 Å². The van der Waals surface area contributed by atoms with Crippen molar-refractivity contribution in [3.05, 3.63) is 101 Å². The number of anilines is 1. The largest absolute Gasteiger partial charge is 0.573 e. The Morgan fingerprint density at radius 1 is 1.14 bits per heavy atom. The summed E-state index contributed by atoms with van der Waals surface area (Å²) in [4.78, 5) is 16.6. The molecule has 0 amide bonds. The predicted octanol–water partition coefficient (Wildman–Crippen LogP) is 7.40. The summed E-state index contributed by atoms with van der Waals surface area (Å²) >= 11 is 13.3. The van der Waals surface area contributed by atoms with Gasteiger partial charge in [0.1, 0.15) is 12.1 Å². The van der Waals surface area contributed by atoms with Gasteiger partial charge in [-0.2, -0.15) is 4.99 Å². The number of hydroxylamine groups is 1. The summed E-state index contributed by atoms with van der Waals surface area (Å²) < 4.78 is 42.6. The minimum Gasteiger partial charge on any atom is -0.406 e. The number of nitrogens with zero attached hydrogens (tertiary/aromatic N) is 5. The first-order valence-electron chi connectivity index (χ1n) is 12.9. The van der Waals surface area contributed by atoms with Crippen LogP contribution in [0.5, 0.6) is 5.75 Å². The minimum atomic E-state index is -4.75. The highest BCUT2D eigenvalue weighted by Crippen LogP contribution is 2.43. The van der Waals surface area contributed by atoms with Crippen molar-refractivity contribution in [1.82, 2.24) is 20.2 Å². The molecule has 1 unspecified atom stereocenters. The summed E-state index contributed by atoms with van der Waals surface area (Å²) in [5, 5.41) is 6.04. The second kappa shape index (κ2) is 12.0. The fourth-order valence-corrected chi connectivity index (χ4v) is 6.06. The number of fused-ring (bicyclic) bond motifs is 3. The summed E-state index contributed by atoms with van der Waals surface area (Å²) in [6, 6.07) is 18.7. The van der Waals surface area contributed by atoms with Crippen LogP contribution in [0.3, 0.4) is 0 Å². The number of aliphatic imine (C=N–C) groups is 1. The maximum absolute atomic E-state index is 12.4. The molecule has 2 aliphatic heterocycles. The number of benzene rings is 3. The Labute approximate surface area is 259 Å². The van der Waals surface area contributed by atoms with Gasteiger partial charge in [-0.05, 0) is 59.7 Å². The van der Waals surface area contributed by atoms with Gasteiger partial charge < -0.3 is 4.74 Å². The van der Waals surface area contributed by atoms with Gasteiger partial charge in [-0.15, -0.1) is 18.3 Å². The number of aromatic nitrogens is 3. The van der Waals surface area contributed by atoms with Crippen LogP contribution >= 0.6 is 35.6 Å². The summed E-state index contributed by atoms with van der Waals surface area (Å²) in [5.74, 6) is 1.22. The molecule has 3 heterocycles. The van der Waals surface area contributed by atoms with E-state index in [9.17, 15) is 13.2 Å². The van der Waals surface area contributed by atoms with Crippen molar-refractivity contribution in [1.29, 1.82) is 0 Å². The number of rotatable bonds is 6. The van der Waals surface area contributed by atoms with Crippen molar-refractivity contribution in [3.8, 4) is 22.8 Å². The molecule has 2 aliphatic rings. The van der Waals surface area contributed by atoms with E-state index in [0.29, 0.717) is 16.5 Å². The van der Waals surface area contributed by atoms with Crippen molar-refractivity contribution in [2.75, 3.05) is 10.7 Å². The van der Waals surface area contributed by atoms with Gasteiger partial charge >= 0.3 is 6.36 Å². The van der Waals surface area contributed by atoms with Gasteiger partial charge in [0, 0.05) is 28.0 Å². The number of alkyl halides is 3. The SMILES string of the molecule is CC1C=C2CS/C(=N\C(=S)NOCc3ccc(-c4ncn(-c5ccc(OC(F)(F)F)cc5)n4)cc3)N2c2cc(Cl)ccc21. The van der Waals surface area contributed by atoms with Gasteiger partial charge in [0.05, 0.1) is 18.0 Å². The third-order valence-electron chi connectivity index (χ3n) is 6.63. The third kappa shape index (κ3) is 6.69. The highest BCUT2D eigenvalue weighted by molar-refractivity contribution is 8.14. The molecule has 1 atom stereocenters. The first-order chi connectivity index (χ1) is 20.6. The lowest BCUT2D eigenvalue weighted by Gasteiger charge is -2.29. The number of allylic oxidation sites excluding steroid dienone is 1. The average molecular weight is 643 g/mol. The molecule has 3 aromatic carbocycles. The highest BCUT2D eigenvalue weighted by atomic mass is 35.5. The van der Waals surface area contributed by atoms with Gasteiger partial charge in [0.25, 0.3) is 0 Å². The zero-order valence-corrected chi connectivity index (χ0v) is 24.8. The lowest BCUT2D eigenvalue weighted by atomic mass is 9.94. The van der Waals surface area contributed by atoms with E-state index in [-0.39, 0.29) is 23.4 Å². The van der Waals surface area contributed by atoms with E-state index in [0.717, 1.165) is 33.4 Å². The zero-order valence-electron chi connectivity index (χ0n) is 22.4. The number of thioether (sulfide) groups is 1. The number of amidine groups is 1. The van der Waals surface area contributed by atoms with Crippen LogP contribution in [0.2, 0.25) is 5.02 Å². The average Bonchev–Trinajstić information content (AvgIpc) is 3.61. The molecular weight excluding hydrogens is 621 g/mol. The number of nitrogens with one attached hydrogen (secondary N) is 1. The number of hydrogen-bond acceptors (Lipinski definition) is 6. The quantitative estimate of drug-likeness (QED) is 0.172. The monoisotopic (exact) mass is 642 g/mol. The van der Waals surface area contributed by atoms with Gasteiger partial charge in [0.2, 0.25) is 5.11 Å². The van der Waals surface area contributed by atoms with E-state index in [1.54, 1.807) is 11.8 Å². The Morgan fingerprint density at radius 3 is 2.65 bits per heavy atom. The van der Waals surface area contributed by atoms with Crippen molar-refractivity contribution in [2.45, 2.75) is 25.8 Å². The topological polar surface area (TPSA) is 76.8 Å². The molecule has 220 valence electrons. The summed E-state index contributed by atoms with van der Waals surface area (Å²) in [5.41, 5.74) is 8.26. The fourth-order valence-electron chi connectivity index (χ4n) is 4.69.